The maximum absolute atomic E-state index is 11.8. The van der Waals surface area contributed by atoms with Crippen LogP contribution in [0.1, 0.15) is 32.1 Å². The van der Waals surface area contributed by atoms with Gasteiger partial charge >= 0.3 is 0 Å². The highest BCUT2D eigenvalue weighted by molar-refractivity contribution is 5.76. The van der Waals surface area contributed by atoms with Crippen LogP contribution in [-0.2, 0) is 9.53 Å². The van der Waals surface area contributed by atoms with Crippen LogP contribution in [0.5, 0.6) is 0 Å². The van der Waals surface area contributed by atoms with E-state index >= 15 is 0 Å². The minimum Gasteiger partial charge on any atom is -0.508 e. The fourth-order valence-corrected chi connectivity index (χ4v) is 3.18. The number of carbonyl (C=O) groups is 1. The maximum Gasteiger partial charge on any atom is 0.220 e. The van der Waals surface area contributed by atoms with Gasteiger partial charge in [0.05, 0.1) is 5.57 Å². The number of amides is 1. The summed E-state index contributed by atoms with van der Waals surface area (Å²) < 4.78 is 5.90. The van der Waals surface area contributed by atoms with Crippen LogP contribution in [0.15, 0.2) is 58.8 Å². The van der Waals surface area contributed by atoms with E-state index < -0.39 is 0 Å². The van der Waals surface area contributed by atoms with Crippen molar-refractivity contribution >= 4 is 5.91 Å². The van der Waals surface area contributed by atoms with Crippen molar-refractivity contribution in [3.05, 3.63) is 58.8 Å². The number of fused-ring (bicyclic) bond motifs is 2. The topological polar surface area (TPSA) is 58.6 Å². The average molecular weight is 311 g/mol. The van der Waals surface area contributed by atoms with Crippen LogP contribution < -0.4 is 5.32 Å². The molecule has 1 heterocycles. The number of hydrogen-bond donors (Lipinski definition) is 2. The lowest BCUT2D eigenvalue weighted by Crippen LogP contribution is -2.29. The molecule has 0 saturated heterocycles. The number of aliphatic hydroxyl groups excluding tert-OH is 1. The fraction of sp³-hybridized carbons (Fsp3) is 0.421. The van der Waals surface area contributed by atoms with Crippen molar-refractivity contribution in [3.8, 4) is 0 Å². The standard InChI is InChI=1S/C19H21NO3/c21-16-2-1-3-18-15(16)10-14-8-13(6-7-17(14)23-18)11-20-19(22)9-12-4-5-12/h2-3,7-8,10,12-13,21H,1,4-6,9,11H2,(H,20,22). The average Bonchev–Trinajstić information content (AvgIpc) is 3.35. The Balaban J connectivity index is 1.44. The zero-order valence-corrected chi connectivity index (χ0v) is 13.0. The number of hydrogen-bond acceptors (Lipinski definition) is 3. The number of ether oxygens (including phenoxy) is 1. The van der Waals surface area contributed by atoms with Gasteiger partial charge in [0.1, 0.15) is 17.3 Å². The van der Waals surface area contributed by atoms with Gasteiger partial charge in [-0.25, -0.2) is 0 Å². The molecule has 0 radical (unpaired) electrons. The molecule has 0 spiro atoms. The van der Waals surface area contributed by atoms with Gasteiger partial charge in [-0.3, -0.25) is 4.79 Å². The van der Waals surface area contributed by atoms with Crippen LogP contribution in [0, 0.1) is 11.8 Å². The van der Waals surface area contributed by atoms with Gasteiger partial charge in [0.25, 0.3) is 0 Å². The summed E-state index contributed by atoms with van der Waals surface area (Å²) in [7, 11) is 0. The number of nitrogens with one attached hydrogen (secondary N) is 1. The van der Waals surface area contributed by atoms with Crippen molar-refractivity contribution in [1.29, 1.82) is 0 Å². The minimum absolute atomic E-state index is 0.164. The first-order chi connectivity index (χ1) is 11.2. The number of allylic oxidation sites excluding steroid dienone is 4. The third-order valence-electron chi connectivity index (χ3n) is 4.71. The Bertz CT molecular complexity index is 689. The van der Waals surface area contributed by atoms with Crippen molar-refractivity contribution in [3.63, 3.8) is 0 Å². The molecule has 1 amide bonds. The third kappa shape index (κ3) is 3.11. The molecule has 1 unspecified atom stereocenters. The van der Waals surface area contributed by atoms with Gasteiger partial charge in [-0.2, -0.15) is 0 Å². The van der Waals surface area contributed by atoms with E-state index in [0.717, 1.165) is 29.1 Å². The van der Waals surface area contributed by atoms with Crippen LogP contribution >= 0.6 is 0 Å². The molecule has 1 fully saturated rings. The summed E-state index contributed by atoms with van der Waals surface area (Å²) in [6, 6.07) is 0. The third-order valence-corrected chi connectivity index (χ3v) is 4.71. The highest BCUT2D eigenvalue weighted by Gasteiger charge is 2.27. The Kier molecular flexibility index (Phi) is 3.60. The van der Waals surface area contributed by atoms with E-state index in [2.05, 4.69) is 17.5 Å². The van der Waals surface area contributed by atoms with Crippen LogP contribution in [0.3, 0.4) is 0 Å². The smallest absolute Gasteiger partial charge is 0.220 e. The monoisotopic (exact) mass is 311 g/mol. The Hall–Kier alpha value is -2.23. The summed E-state index contributed by atoms with van der Waals surface area (Å²) in [6.07, 6.45) is 14.6. The van der Waals surface area contributed by atoms with Gasteiger partial charge in [-0.15, -0.1) is 0 Å². The second-order valence-corrected chi connectivity index (χ2v) is 6.69. The maximum atomic E-state index is 11.8. The van der Waals surface area contributed by atoms with E-state index in [9.17, 15) is 9.90 Å². The predicted octanol–water partition coefficient (Wildman–Crippen LogP) is 3.42. The lowest BCUT2D eigenvalue weighted by atomic mass is 9.90. The van der Waals surface area contributed by atoms with Crippen LogP contribution in [0.4, 0.5) is 0 Å². The zero-order chi connectivity index (χ0) is 15.8. The molecule has 1 saturated carbocycles. The SMILES string of the molecule is O=C(CC1CC1)NCC1C=C2C=C3C(O)=CCC=C3OC2=CC1. The van der Waals surface area contributed by atoms with E-state index in [-0.39, 0.29) is 17.6 Å². The Labute approximate surface area is 135 Å². The molecule has 1 aliphatic heterocycles. The molecule has 1 atom stereocenters. The van der Waals surface area contributed by atoms with E-state index in [1.165, 1.54) is 12.8 Å². The first kappa shape index (κ1) is 14.4. The predicted molar refractivity (Wildman–Crippen MR) is 87.2 cm³/mol. The molecule has 23 heavy (non-hydrogen) atoms. The van der Waals surface area contributed by atoms with E-state index in [1.807, 2.05) is 12.2 Å². The van der Waals surface area contributed by atoms with Crippen molar-refractivity contribution in [2.24, 2.45) is 11.8 Å². The molecule has 4 heteroatoms. The molecular weight excluding hydrogens is 290 g/mol. The van der Waals surface area contributed by atoms with Gasteiger partial charge in [-0.1, -0.05) is 6.08 Å². The van der Waals surface area contributed by atoms with Crippen LogP contribution in [-0.4, -0.2) is 17.6 Å². The van der Waals surface area contributed by atoms with Crippen molar-refractivity contribution in [2.75, 3.05) is 6.54 Å². The van der Waals surface area contributed by atoms with Gasteiger partial charge in [0.2, 0.25) is 5.91 Å². The van der Waals surface area contributed by atoms with E-state index in [1.54, 1.807) is 6.08 Å². The quantitative estimate of drug-likeness (QED) is 0.836. The summed E-state index contributed by atoms with van der Waals surface area (Å²) in [4.78, 5) is 11.8. The summed E-state index contributed by atoms with van der Waals surface area (Å²) in [5, 5.41) is 13.0. The molecule has 120 valence electrons. The first-order valence-electron chi connectivity index (χ1n) is 8.37. The van der Waals surface area contributed by atoms with Crippen LogP contribution in [0.25, 0.3) is 0 Å². The van der Waals surface area contributed by atoms with Crippen molar-refractivity contribution in [2.45, 2.75) is 32.1 Å². The second kappa shape index (κ2) is 5.76. The van der Waals surface area contributed by atoms with Gasteiger partial charge in [-0.05, 0) is 61.8 Å². The van der Waals surface area contributed by atoms with Crippen molar-refractivity contribution in [1.82, 2.24) is 5.32 Å². The van der Waals surface area contributed by atoms with Crippen LogP contribution in [0.2, 0.25) is 0 Å². The summed E-state index contributed by atoms with van der Waals surface area (Å²) in [5.41, 5.74) is 1.74. The molecule has 3 aliphatic carbocycles. The fourth-order valence-electron chi connectivity index (χ4n) is 3.18. The molecule has 4 rings (SSSR count). The molecule has 4 nitrogen and oxygen atoms in total. The zero-order valence-electron chi connectivity index (χ0n) is 13.0. The highest BCUT2D eigenvalue weighted by atomic mass is 16.5. The number of rotatable bonds is 4. The molecule has 4 aliphatic rings. The Morgan fingerprint density at radius 1 is 1.26 bits per heavy atom. The lowest BCUT2D eigenvalue weighted by Gasteiger charge is -2.28. The minimum atomic E-state index is 0.164. The lowest BCUT2D eigenvalue weighted by molar-refractivity contribution is -0.121. The molecule has 0 aromatic carbocycles. The summed E-state index contributed by atoms with van der Waals surface area (Å²) in [5.74, 6) is 2.94. The number of aliphatic hydroxyl groups is 1. The molecule has 0 aromatic heterocycles. The normalized spacial score (nSPS) is 25.6. The van der Waals surface area contributed by atoms with Gasteiger partial charge < -0.3 is 15.2 Å². The molecular formula is C19H21NO3. The van der Waals surface area contributed by atoms with Gasteiger partial charge in [0, 0.05) is 18.5 Å². The second-order valence-electron chi connectivity index (χ2n) is 6.69. The summed E-state index contributed by atoms with van der Waals surface area (Å²) >= 11 is 0. The van der Waals surface area contributed by atoms with E-state index in [4.69, 9.17) is 4.74 Å². The summed E-state index contributed by atoms with van der Waals surface area (Å²) in [6.45, 7) is 0.659. The number of carbonyl (C=O) groups excluding carboxylic acids is 1. The first-order valence-corrected chi connectivity index (χ1v) is 8.37. The van der Waals surface area contributed by atoms with E-state index in [0.29, 0.717) is 25.3 Å². The Morgan fingerprint density at radius 2 is 2.13 bits per heavy atom. The molecule has 0 aromatic rings. The van der Waals surface area contributed by atoms with Gasteiger partial charge in [0.15, 0.2) is 0 Å². The van der Waals surface area contributed by atoms with Crippen molar-refractivity contribution < 1.29 is 14.6 Å². The molecule has 0 bridgehead atoms. The molecule has 2 N–H and O–H groups in total. The highest BCUT2D eigenvalue weighted by Crippen LogP contribution is 2.38. The Morgan fingerprint density at radius 3 is 2.96 bits per heavy atom. The largest absolute Gasteiger partial charge is 0.508 e.